The predicted octanol–water partition coefficient (Wildman–Crippen LogP) is 3.42. The summed E-state index contributed by atoms with van der Waals surface area (Å²) in [6.07, 6.45) is -0.122. The maximum atomic E-state index is 13.5. The lowest BCUT2D eigenvalue weighted by atomic mass is 10.1. The number of esters is 1. The lowest BCUT2D eigenvalue weighted by Crippen LogP contribution is -2.12. The first kappa shape index (κ1) is 13.3. The van der Waals surface area contributed by atoms with Gasteiger partial charge in [0.1, 0.15) is 17.1 Å². The standard InChI is InChI=1S/C16H12FNO3/c1-10-18-14-9-12(6-7-15(14)20-10)21-16(19)8-11-4-2-3-5-13(11)17/h2-7,9H,8H2,1H3. The van der Waals surface area contributed by atoms with E-state index in [4.69, 9.17) is 9.15 Å². The molecule has 3 aromatic rings. The van der Waals surface area contributed by atoms with E-state index < -0.39 is 11.8 Å². The van der Waals surface area contributed by atoms with E-state index in [0.29, 0.717) is 28.3 Å². The van der Waals surface area contributed by atoms with Crippen LogP contribution in [0.25, 0.3) is 11.1 Å². The lowest BCUT2D eigenvalue weighted by molar-refractivity contribution is -0.133. The summed E-state index contributed by atoms with van der Waals surface area (Å²) >= 11 is 0. The molecule has 0 saturated heterocycles. The van der Waals surface area contributed by atoms with E-state index >= 15 is 0 Å². The van der Waals surface area contributed by atoms with E-state index in [-0.39, 0.29) is 6.42 Å². The first-order valence-corrected chi connectivity index (χ1v) is 6.43. The molecule has 0 aliphatic rings. The maximum absolute atomic E-state index is 13.5. The van der Waals surface area contributed by atoms with Crippen molar-refractivity contribution in [3.8, 4) is 5.75 Å². The number of halogens is 1. The van der Waals surface area contributed by atoms with Crippen LogP contribution in [0, 0.1) is 12.7 Å². The van der Waals surface area contributed by atoms with Crippen LogP contribution in [0.15, 0.2) is 46.9 Å². The van der Waals surface area contributed by atoms with E-state index in [0.717, 1.165) is 0 Å². The highest BCUT2D eigenvalue weighted by molar-refractivity contribution is 5.78. The van der Waals surface area contributed by atoms with Crippen molar-refractivity contribution in [3.63, 3.8) is 0 Å². The molecule has 0 unspecified atom stereocenters. The summed E-state index contributed by atoms with van der Waals surface area (Å²) in [7, 11) is 0. The van der Waals surface area contributed by atoms with E-state index in [2.05, 4.69) is 4.98 Å². The van der Waals surface area contributed by atoms with Crippen LogP contribution in [-0.2, 0) is 11.2 Å². The number of hydrogen-bond donors (Lipinski definition) is 0. The zero-order valence-corrected chi connectivity index (χ0v) is 11.3. The number of rotatable bonds is 3. The fourth-order valence-electron chi connectivity index (χ4n) is 2.05. The zero-order valence-electron chi connectivity index (χ0n) is 11.3. The molecule has 106 valence electrons. The minimum atomic E-state index is -0.528. The Bertz CT molecular complexity index is 810. The van der Waals surface area contributed by atoms with Gasteiger partial charge in [-0.2, -0.15) is 0 Å². The molecule has 1 aromatic heterocycles. The van der Waals surface area contributed by atoms with Crippen molar-refractivity contribution in [1.29, 1.82) is 0 Å². The Labute approximate surface area is 120 Å². The molecule has 21 heavy (non-hydrogen) atoms. The zero-order chi connectivity index (χ0) is 14.8. The van der Waals surface area contributed by atoms with Gasteiger partial charge in [0.25, 0.3) is 0 Å². The van der Waals surface area contributed by atoms with Crippen LogP contribution in [0.4, 0.5) is 4.39 Å². The molecule has 0 fully saturated rings. The van der Waals surface area contributed by atoms with Crippen molar-refractivity contribution in [3.05, 3.63) is 59.7 Å². The number of oxazole rings is 1. The summed E-state index contributed by atoms with van der Waals surface area (Å²) in [5, 5.41) is 0. The second-order valence-electron chi connectivity index (χ2n) is 4.60. The van der Waals surface area contributed by atoms with Crippen molar-refractivity contribution in [1.82, 2.24) is 4.98 Å². The van der Waals surface area contributed by atoms with Gasteiger partial charge in [-0.15, -0.1) is 0 Å². The Morgan fingerprint density at radius 1 is 1.29 bits per heavy atom. The second-order valence-corrected chi connectivity index (χ2v) is 4.60. The first-order valence-electron chi connectivity index (χ1n) is 6.43. The minimum absolute atomic E-state index is 0.122. The van der Waals surface area contributed by atoms with Crippen LogP contribution in [0.5, 0.6) is 5.75 Å². The number of benzene rings is 2. The van der Waals surface area contributed by atoms with Gasteiger partial charge in [0.2, 0.25) is 0 Å². The maximum Gasteiger partial charge on any atom is 0.315 e. The normalized spacial score (nSPS) is 10.8. The predicted molar refractivity (Wildman–Crippen MR) is 74.5 cm³/mol. The van der Waals surface area contributed by atoms with Crippen LogP contribution >= 0.6 is 0 Å². The third-order valence-electron chi connectivity index (χ3n) is 2.99. The smallest absolute Gasteiger partial charge is 0.315 e. The van der Waals surface area contributed by atoms with E-state index in [1.165, 1.54) is 6.07 Å². The van der Waals surface area contributed by atoms with Crippen molar-refractivity contribution >= 4 is 17.1 Å². The molecule has 0 aliphatic carbocycles. The highest BCUT2D eigenvalue weighted by atomic mass is 19.1. The van der Waals surface area contributed by atoms with Gasteiger partial charge in [-0.1, -0.05) is 18.2 Å². The van der Waals surface area contributed by atoms with Crippen molar-refractivity contribution in [2.24, 2.45) is 0 Å². The number of aryl methyl sites for hydroxylation is 1. The Balaban J connectivity index is 1.75. The average molecular weight is 285 g/mol. The number of aromatic nitrogens is 1. The van der Waals surface area contributed by atoms with Gasteiger partial charge in [-0.3, -0.25) is 4.79 Å². The third-order valence-corrected chi connectivity index (χ3v) is 2.99. The summed E-state index contributed by atoms with van der Waals surface area (Å²) in [5.41, 5.74) is 1.55. The van der Waals surface area contributed by atoms with Gasteiger partial charge >= 0.3 is 5.97 Å². The van der Waals surface area contributed by atoms with Crippen LogP contribution in [0.2, 0.25) is 0 Å². The Kier molecular flexibility index (Phi) is 3.39. The number of carbonyl (C=O) groups is 1. The van der Waals surface area contributed by atoms with Crippen LogP contribution in [-0.4, -0.2) is 11.0 Å². The Morgan fingerprint density at radius 2 is 2.10 bits per heavy atom. The molecular weight excluding hydrogens is 273 g/mol. The topological polar surface area (TPSA) is 52.3 Å². The molecule has 0 bridgehead atoms. The highest BCUT2D eigenvalue weighted by Gasteiger charge is 2.11. The Hall–Kier alpha value is -2.69. The van der Waals surface area contributed by atoms with Crippen LogP contribution < -0.4 is 4.74 Å². The van der Waals surface area contributed by atoms with Gasteiger partial charge in [-0.25, -0.2) is 9.37 Å². The van der Waals surface area contributed by atoms with Crippen molar-refractivity contribution in [2.45, 2.75) is 13.3 Å². The Morgan fingerprint density at radius 3 is 2.90 bits per heavy atom. The molecular formula is C16H12FNO3. The van der Waals surface area contributed by atoms with Crippen LogP contribution in [0.3, 0.4) is 0 Å². The van der Waals surface area contributed by atoms with Crippen LogP contribution in [0.1, 0.15) is 11.5 Å². The average Bonchev–Trinajstić information content (AvgIpc) is 2.80. The van der Waals surface area contributed by atoms with E-state index in [1.54, 1.807) is 43.3 Å². The molecule has 0 aliphatic heterocycles. The molecule has 0 saturated carbocycles. The lowest BCUT2D eigenvalue weighted by Gasteiger charge is -2.05. The molecule has 0 radical (unpaired) electrons. The second kappa shape index (κ2) is 5.36. The summed E-state index contributed by atoms with van der Waals surface area (Å²) in [5.74, 6) is -0.0475. The molecule has 0 N–H and O–H groups in total. The van der Waals surface area contributed by atoms with Gasteiger partial charge in [0, 0.05) is 13.0 Å². The number of nitrogens with zero attached hydrogens (tertiary/aromatic N) is 1. The molecule has 0 spiro atoms. The molecule has 2 aromatic carbocycles. The molecule has 5 heteroatoms. The first-order chi connectivity index (χ1) is 10.1. The summed E-state index contributed by atoms with van der Waals surface area (Å²) in [6, 6.07) is 11.0. The van der Waals surface area contributed by atoms with E-state index in [9.17, 15) is 9.18 Å². The number of fused-ring (bicyclic) bond motifs is 1. The van der Waals surface area contributed by atoms with Gasteiger partial charge in [0.05, 0.1) is 6.42 Å². The van der Waals surface area contributed by atoms with Crippen molar-refractivity contribution < 1.29 is 18.3 Å². The monoisotopic (exact) mass is 285 g/mol. The third kappa shape index (κ3) is 2.91. The van der Waals surface area contributed by atoms with Crippen molar-refractivity contribution in [2.75, 3.05) is 0 Å². The number of ether oxygens (including phenoxy) is 1. The fraction of sp³-hybridized carbons (Fsp3) is 0.125. The molecule has 0 amide bonds. The molecule has 3 rings (SSSR count). The number of carbonyl (C=O) groups excluding carboxylic acids is 1. The minimum Gasteiger partial charge on any atom is -0.441 e. The SMILES string of the molecule is Cc1nc2cc(OC(=O)Cc3ccccc3F)ccc2o1. The largest absolute Gasteiger partial charge is 0.441 e. The summed E-state index contributed by atoms with van der Waals surface area (Å²) < 4.78 is 24.0. The number of hydrogen-bond acceptors (Lipinski definition) is 4. The van der Waals surface area contributed by atoms with Gasteiger partial charge in [-0.05, 0) is 23.8 Å². The van der Waals surface area contributed by atoms with Gasteiger partial charge in [0.15, 0.2) is 11.5 Å². The summed E-state index contributed by atoms with van der Waals surface area (Å²) in [4.78, 5) is 16.0. The quantitative estimate of drug-likeness (QED) is 0.546. The van der Waals surface area contributed by atoms with E-state index in [1.807, 2.05) is 0 Å². The molecule has 1 heterocycles. The molecule has 0 atom stereocenters. The highest BCUT2D eigenvalue weighted by Crippen LogP contribution is 2.21. The van der Waals surface area contributed by atoms with Gasteiger partial charge < -0.3 is 9.15 Å². The summed E-state index contributed by atoms with van der Waals surface area (Å²) in [6.45, 7) is 1.74. The fourth-order valence-corrected chi connectivity index (χ4v) is 2.05. The molecule has 4 nitrogen and oxygen atoms in total.